The van der Waals surface area contributed by atoms with Crippen LogP contribution in [0.25, 0.3) is 0 Å². The molecule has 1 atom stereocenters. The van der Waals surface area contributed by atoms with Crippen LogP contribution in [0, 0.1) is 5.41 Å². The number of hydrogen-bond acceptors (Lipinski definition) is 1. The van der Waals surface area contributed by atoms with Gasteiger partial charge >= 0.3 is 6.18 Å². The van der Waals surface area contributed by atoms with Gasteiger partial charge < -0.3 is 0 Å². The zero-order valence-electron chi connectivity index (χ0n) is 11.1. The highest BCUT2D eigenvalue weighted by Crippen LogP contribution is 2.54. The lowest BCUT2D eigenvalue weighted by Gasteiger charge is -2.33. The SMILES string of the molecule is CC1(C)Cc2ccccc2C1NC1(C(F)(F)F)CC1. The Balaban J connectivity index is 1.92. The average Bonchev–Trinajstić information content (AvgIpc) is 3.02. The van der Waals surface area contributed by atoms with Crippen molar-refractivity contribution in [3.8, 4) is 0 Å². The zero-order valence-corrected chi connectivity index (χ0v) is 11.1. The van der Waals surface area contributed by atoms with Gasteiger partial charge in [-0.25, -0.2) is 0 Å². The lowest BCUT2D eigenvalue weighted by Crippen LogP contribution is -2.49. The molecule has 1 fully saturated rings. The summed E-state index contributed by atoms with van der Waals surface area (Å²) in [5, 5.41) is 2.93. The van der Waals surface area contributed by atoms with E-state index in [9.17, 15) is 13.2 Å². The van der Waals surface area contributed by atoms with Crippen LogP contribution in [-0.2, 0) is 6.42 Å². The zero-order chi connectivity index (χ0) is 13.9. The second-order valence-electron chi connectivity index (χ2n) is 6.52. The van der Waals surface area contributed by atoms with E-state index in [0.717, 1.165) is 12.0 Å². The van der Waals surface area contributed by atoms with Gasteiger partial charge in [-0.05, 0) is 35.8 Å². The molecule has 104 valence electrons. The molecule has 1 nitrogen and oxygen atoms in total. The van der Waals surface area contributed by atoms with Crippen molar-refractivity contribution < 1.29 is 13.2 Å². The maximum Gasteiger partial charge on any atom is 0.406 e. The fourth-order valence-electron chi connectivity index (χ4n) is 3.17. The quantitative estimate of drug-likeness (QED) is 0.856. The van der Waals surface area contributed by atoms with Gasteiger partial charge in [-0.2, -0.15) is 13.2 Å². The van der Waals surface area contributed by atoms with E-state index in [1.54, 1.807) is 0 Å². The van der Waals surface area contributed by atoms with Gasteiger partial charge in [0.05, 0.1) is 0 Å². The van der Waals surface area contributed by atoms with Gasteiger partial charge in [0.25, 0.3) is 0 Å². The van der Waals surface area contributed by atoms with Crippen LogP contribution >= 0.6 is 0 Å². The second kappa shape index (κ2) is 3.75. The molecule has 0 bridgehead atoms. The molecule has 3 rings (SSSR count). The van der Waals surface area contributed by atoms with Crippen LogP contribution in [0.3, 0.4) is 0 Å². The second-order valence-corrected chi connectivity index (χ2v) is 6.52. The van der Waals surface area contributed by atoms with Gasteiger partial charge in [0.2, 0.25) is 0 Å². The molecule has 4 heteroatoms. The molecule has 1 aromatic carbocycles. The number of nitrogens with one attached hydrogen (secondary N) is 1. The van der Waals surface area contributed by atoms with E-state index in [1.807, 2.05) is 38.1 Å². The van der Waals surface area contributed by atoms with E-state index in [1.165, 1.54) is 5.56 Å². The highest BCUT2D eigenvalue weighted by atomic mass is 19.4. The monoisotopic (exact) mass is 269 g/mol. The molecule has 0 amide bonds. The predicted molar refractivity (Wildman–Crippen MR) is 67.8 cm³/mol. The number of benzene rings is 1. The van der Waals surface area contributed by atoms with Crippen molar-refractivity contribution >= 4 is 0 Å². The number of halogens is 3. The maximum atomic E-state index is 13.1. The van der Waals surface area contributed by atoms with E-state index in [0.29, 0.717) is 0 Å². The van der Waals surface area contributed by atoms with Gasteiger partial charge in [0.15, 0.2) is 0 Å². The van der Waals surface area contributed by atoms with Crippen LogP contribution in [0.4, 0.5) is 13.2 Å². The van der Waals surface area contributed by atoms with Crippen molar-refractivity contribution in [2.45, 2.75) is 50.9 Å². The number of alkyl halides is 3. The summed E-state index contributed by atoms with van der Waals surface area (Å²) in [4.78, 5) is 0. The van der Waals surface area contributed by atoms with Crippen LogP contribution in [0.2, 0.25) is 0 Å². The minimum atomic E-state index is -4.15. The standard InChI is InChI=1S/C15H18F3N/c1-13(2)9-10-5-3-4-6-11(10)12(13)19-14(7-8-14)15(16,17)18/h3-6,12,19H,7-9H2,1-2H3. The van der Waals surface area contributed by atoms with E-state index in [4.69, 9.17) is 0 Å². The van der Waals surface area contributed by atoms with E-state index in [-0.39, 0.29) is 24.3 Å². The third-order valence-electron chi connectivity index (χ3n) is 4.51. The van der Waals surface area contributed by atoms with E-state index < -0.39 is 11.7 Å². The van der Waals surface area contributed by atoms with Crippen LogP contribution in [0.15, 0.2) is 24.3 Å². The first-order chi connectivity index (χ1) is 8.75. The lowest BCUT2D eigenvalue weighted by molar-refractivity contribution is -0.169. The molecule has 0 aliphatic heterocycles. The van der Waals surface area contributed by atoms with Crippen molar-refractivity contribution in [3.05, 3.63) is 35.4 Å². The van der Waals surface area contributed by atoms with Crippen LogP contribution in [0.1, 0.15) is 43.9 Å². The molecule has 19 heavy (non-hydrogen) atoms. The Hall–Kier alpha value is -1.03. The van der Waals surface area contributed by atoms with Gasteiger partial charge in [-0.15, -0.1) is 0 Å². The molecule has 2 aliphatic rings. The molecular formula is C15H18F3N. The van der Waals surface area contributed by atoms with Gasteiger partial charge in [0.1, 0.15) is 5.54 Å². The Morgan fingerprint density at radius 2 is 1.79 bits per heavy atom. The Bertz CT molecular complexity index is 500. The maximum absolute atomic E-state index is 13.1. The van der Waals surface area contributed by atoms with E-state index >= 15 is 0 Å². The summed E-state index contributed by atoms with van der Waals surface area (Å²) in [5.41, 5.74) is 0.377. The first-order valence-electron chi connectivity index (χ1n) is 6.67. The fraction of sp³-hybridized carbons (Fsp3) is 0.600. The largest absolute Gasteiger partial charge is 0.406 e. The van der Waals surface area contributed by atoms with Crippen LogP contribution in [0.5, 0.6) is 0 Å². The summed E-state index contributed by atoms with van der Waals surface area (Å²) >= 11 is 0. The Morgan fingerprint density at radius 3 is 2.37 bits per heavy atom. The first kappa shape index (κ1) is 13.0. The first-order valence-corrected chi connectivity index (χ1v) is 6.67. The molecule has 1 aromatic rings. The Labute approximate surface area is 111 Å². The van der Waals surface area contributed by atoms with Gasteiger partial charge in [-0.3, -0.25) is 5.32 Å². The molecule has 0 heterocycles. The van der Waals surface area contributed by atoms with Crippen LogP contribution < -0.4 is 5.32 Å². The topological polar surface area (TPSA) is 12.0 Å². The third-order valence-corrected chi connectivity index (χ3v) is 4.51. The van der Waals surface area contributed by atoms with Gasteiger partial charge in [-0.1, -0.05) is 38.1 Å². The summed E-state index contributed by atoms with van der Waals surface area (Å²) in [7, 11) is 0. The minimum absolute atomic E-state index is 0.176. The normalized spacial score (nSPS) is 27.1. The molecule has 1 unspecified atom stereocenters. The summed E-state index contributed by atoms with van der Waals surface area (Å²) in [6, 6.07) is 7.61. The highest BCUT2D eigenvalue weighted by molar-refractivity contribution is 5.38. The molecular weight excluding hydrogens is 251 g/mol. The minimum Gasteiger partial charge on any atom is -0.296 e. The van der Waals surface area contributed by atoms with Crippen molar-refractivity contribution in [3.63, 3.8) is 0 Å². The summed E-state index contributed by atoms with van der Waals surface area (Å²) in [6.07, 6.45) is -2.92. The van der Waals surface area contributed by atoms with Crippen molar-refractivity contribution in [1.29, 1.82) is 0 Å². The van der Waals surface area contributed by atoms with Crippen molar-refractivity contribution in [2.75, 3.05) is 0 Å². The fourth-order valence-corrected chi connectivity index (χ4v) is 3.17. The average molecular weight is 269 g/mol. The van der Waals surface area contributed by atoms with Crippen LogP contribution in [-0.4, -0.2) is 11.7 Å². The molecule has 2 aliphatic carbocycles. The van der Waals surface area contributed by atoms with E-state index in [2.05, 4.69) is 5.32 Å². The molecule has 0 aromatic heterocycles. The van der Waals surface area contributed by atoms with Gasteiger partial charge in [0, 0.05) is 6.04 Å². The summed E-state index contributed by atoms with van der Waals surface area (Å²) in [5.74, 6) is 0. The number of hydrogen-bond donors (Lipinski definition) is 1. The smallest absolute Gasteiger partial charge is 0.296 e. The number of rotatable bonds is 2. The molecule has 0 saturated heterocycles. The molecule has 1 N–H and O–H groups in total. The Morgan fingerprint density at radius 1 is 1.16 bits per heavy atom. The van der Waals surface area contributed by atoms with Crippen molar-refractivity contribution in [1.82, 2.24) is 5.32 Å². The molecule has 1 saturated carbocycles. The Kier molecular flexibility index (Phi) is 2.56. The predicted octanol–water partition coefficient (Wildman–Crippen LogP) is 3.99. The van der Waals surface area contributed by atoms with Crippen molar-refractivity contribution in [2.24, 2.45) is 5.41 Å². The highest BCUT2D eigenvalue weighted by Gasteiger charge is 2.65. The summed E-state index contributed by atoms with van der Waals surface area (Å²) < 4.78 is 39.3. The number of fused-ring (bicyclic) bond motifs is 1. The lowest BCUT2D eigenvalue weighted by atomic mass is 9.84. The molecule has 0 radical (unpaired) electrons. The molecule has 0 spiro atoms. The third kappa shape index (κ3) is 1.97. The summed E-state index contributed by atoms with van der Waals surface area (Å²) in [6.45, 7) is 4.08.